The maximum absolute atomic E-state index is 15.0. The number of amides is 2. The molecule has 7 rings (SSSR count). The van der Waals surface area contributed by atoms with E-state index < -0.39 is 98.2 Å². The van der Waals surface area contributed by atoms with Gasteiger partial charge in [0.25, 0.3) is 0 Å². The SMILES string of the molecule is COc1ccc2c(O[C@@H]3C[C@H]4C(=O)C[C@]5(C(=O)NS(=O)(=O)C6(CF)CC6)C[C@H]5/C=C\CC[C@@H](C)C[C@@H](C)[C@H](CC(=O)OC5(C)CCCOC5)C(=O)N4C3)ncc(C(F)(F)F)c2c1. The molecule has 8 atom stereocenters. The Labute approximate surface area is 358 Å². The molecule has 2 saturated carbocycles. The van der Waals surface area contributed by atoms with Crippen molar-refractivity contribution < 1.29 is 64.1 Å². The Kier molecular flexibility index (Phi) is 12.8. The van der Waals surface area contributed by atoms with Crippen LogP contribution in [-0.4, -0.2) is 97.9 Å². The molecule has 0 bridgehead atoms. The Morgan fingerprint density at radius 3 is 2.52 bits per heavy atom. The number of nitrogens with one attached hydrogen (secondary N) is 1. The number of ketones is 1. The van der Waals surface area contributed by atoms with E-state index >= 15 is 4.79 Å². The second-order valence-corrected chi connectivity index (χ2v) is 20.5. The van der Waals surface area contributed by atoms with E-state index in [4.69, 9.17) is 18.9 Å². The number of hydrogen-bond donors (Lipinski definition) is 1. The van der Waals surface area contributed by atoms with Gasteiger partial charge in [-0.2, -0.15) is 13.2 Å². The van der Waals surface area contributed by atoms with Crippen LogP contribution in [-0.2, 0) is 44.9 Å². The van der Waals surface area contributed by atoms with Gasteiger partial charge in [-0.05, 0) is 94.2 Å². The van der Waals surface area contributed by atoms with Gasteiger partial charge >= 0.3 is 12.1 Å². The molecule has 4 fully saturated rings. The largest absolute Gasteiger partial charge is 0.497 e. The van der Waals surface area contributed by atoms with E-state index in [2.05, 4.69) is 9.71 Å². The standard InChI is InChI=1S/C44H55F4N3O10S/c1-26-8-5-6-9-28-20-43(28,40(55)50-62(56,57)42(24-45)13-14-42)21-36(52)35-18-30(60-38-31-11-10-29(58-4)17-33(31)34(22-49-38)44(46,47)48)23-51(35)39(54)32(27(2)16-26)19-37(53)61-41(3)12-7-15-59-25-41/h6,9-11,17,22,26-28,30,32,35H,5,7-8,12-16,18-21,23-25H2,1-4H3,(H,50,55)/b9-6-/t26-,27-,28-,30-,32+,35+,41?,43-/m1/s1. The maximum Gasteiger partial charge on any atom is 0.418 e. The normalized spacial score (nSPS) is 32.1. The number of alkyl halides is 4. The molecule has 4 heterocycles. The molecule has 18 heteroatoms. The van der Waals surface area contributed by atoms with Crippen LogP contribution in [0, 0.1) is 29.1 Å². The summed E-state index contributed by atoms with van der Waals surface area (Å²) in [6.07, 6.45) is 1.03. The Morgan fingerprint density at radius 1 is 1.10 bits per heavy atom. The minimum Gasteiger partial charge on any atom is -0.497 e. The predicted octanol–water partition coefficient (Wildman–Crippen LogP) is 6.66. The molecule has 2 aromatic rings. The van der Waals surface area contributed by atoms with Gasteiger partial charge in [0.05, 0.1) is 49.6 Å². The smallest absolute Gasteiger partial charge is 0.418 e. The number of benzene rings is 1. The van der Waals surface area contributed by atoms with Crippen LogP contribution in [0.5, 0.6) is 11.6 Å². The van der Waals surface area contributed by atoms with Gasteiger partial charge in [-0.25, -0.2) is 17.8 Å². The highest BCUT2D eigenvalue weighted by molar-refractivity contribution is 7.91. The highest BCUT2D eigenvalue weighted by atomic mass is 32.2. The molecule has 2 saturated heterocycles. The summed E-state index contributed by atoms with van der Waals surface area (Å²) in [7, 11) is -3.11. The first-order chi connectivity index (χ1) is 29.2. The van der Waals surface area contributed by atoms with Gasteiger partial charge in [0.1, 0.15) is 28.9 Å². The van der Waals surface area contributed by atoms with Crippen LogP contribution >= 0.6 is 0 Å². The third kappa shape index (κ3) is 9.32. The quantitative estimate of drug-likeness (QED) is 0.154. The Hall–Kier alpha value is -4.32. The lowest BCUT2D eigenvalue weighted by atomic mass is 9.82. The lowest BCUT2D eigenvalue weighted by Crippen LogP contribution is -2.48. The van der Waals surface area contributed by atoms with E-state index in [0.29, 0.717) is 44.9 Å². The number of sulfonamides is 1. The monoisotopic (exact) mass is 893 g/mol. The number of fused-ring (bicyclic) bond motifs is 3. The van der Waals surface area contributed by atoms with Crippen molar-refractivity contribution in [2.45, 2.75) is 120 Å². The van der Waals surface area contributed by atoms with Gasteiger partial charge < -0.3 is 23.8 Å². The molecule has 1 N–H and O–H groups in total. The third-order valence-corrected chi connectivity index (χ3v) is 15.7. The van der Waals surface area contributed by atoms with Crippen LogP contribution in [0.25, 0.3) is 10.8 Å². The second kappa shape index (κ2) is 17.3. The van der Waals surface area contributed by atoms with Crippen molar-refractivity contribution in [1.29, 1.82) is 0 Å². The number of carbonyl (C=O) groups excluding carboxylic acids is 4. The second-order valence-electron chi connectivity index (χ2n) is 18.4. The van der Waals surface area contributed by atoms with E-state index in [0.717, 1.165) is 0 Å². The van der Waals surface area contributed by atoms with Gasteiger partial charge in [0, 0.05) is 36.4 Å². The number of Topliss-reactive ketones (excluding diaryl/α,β-unsaturated/α-hetero) is 1. The number of aromatic nitrogens is 1. The summed E-state index contributed by atoms with van der Waals surface area (Å²) in [6.45, 7) is 5.03. The number of esters is 1. The van der Waals surface area contributed by atoms with E-state index in [9.17, 15) is 40.4 Å². The fraction of sp³-hybridized carbons (Fsp3) is 0.659. The molecule has 3 aliphatic heterocycles. The predicted molar refractivity (Wildman–Crippen MR) is 217 cm³/mol. The van der Waals surface area contributed by atoms with E-state index in [1.165, 1.54) is 30.2 Å². The van der Waals surface area contributed by atoms with Crippen molar-refractivity contribution in [3.8, 4) is 11.6 Å². The number of hydrogen-bond acceptors (Lipinski definition) is 11. The number of rotatable bonds is 10. The summed E-state index contributed by atoms with van der Waals surface area (Å²) in [5.41, 5.74) is -3.42. The molecule has 340 valence electrons. The van der Waals surface area contributed by atoms with Crippen LogP contribution in [0.1, 0.15) is 97.0 Å². The highest BCUT2D eigenvalue weighted by Gasteiger charge is 2.63. The van der Waals surface area contributed by atoms with Gasteiger partial charge in [-0.15, -0.1) is 0 Å². The van der Waals surface area contributed by atoms with Gasteiger partial charge in [-0.1, -0.05) is 26.0 Å². The Morgan fingerprint density at radius 2 is 1.85 bits per heavy atom. The fourth-order valence-corrected chi connectivity index (χ4v) is 11.0. The fourth-order valence-electron chi connectivity index (χ4n) is 9.52. The maximum atomic E-state index is 15.0. The zero-order valence-corrected chi connectivity index (χ0v) is 36.2. The minimum atomic E-state index is -4.76. The minimum absolute atomic E-state index is 0.0114. The average Bonchev–Trinajstić information content (AvgIpc) is 4.12. The summed E-state index contributed by atoms with van der Waals surface area (Å²) in [5, 5.41) is -0.228. The molecule has 2 aliphatic carbocycles. The Balaban J connectivity index is 1.23. The van der Waals surface area contributed by atoms with Crippen molar-refractivity contribution in [2.75, 3.05) is 33.5 Å². The van der Waals surface area contributed by atoms with Crippen molar-refractivity contribution >= 4 is 44.4 Å². The first-order valence-corrected chi connectivity index (χ1v) is 22.8. The zero-order valence-electron chi connectivity index (χ0n) is 35.4. The number of allylic oxidation sites excluding steroid dienone is 2. The summed E-state index contributed by atoms with van der Waals surface area (Å²) in [6, 6.07) is 2.81. The molecule has 1 aromatic heterocycles. The lowest BCUT2D eigenvalue weighted by Gasteiger charge is -2.35. The molecule has 1 unspecified atom stereocenters. The van der Waals surface area contributed by atoms with Crippen molar-refractivity contribution in [3.05, 3.63) is 42.1 Å². The molecule has 0 radical (unpaired) electrons. The molecule has 62 heavy (non-hydrogen) atoms. The number of ether oxygens (including phenoxy) is 4. The lowest BCUT2D eigenvalue weighted by molar-refractivity contribution is -0.174. The van der Waals surface area contributed by atoms with Crippen LogP contribution in [0.15, 0.2) is 36.5 Å². The molecule has 0 spiro atoms. The van der Waals surface area contributed by atoms with Crippen LogP contribution < -0.4 is 14.2 Å². The number of pyridine rings is 1. The molecule has 1 aromatic carbocycles. The topological polar surface area (TPSA) is 168 Å². The number of methoxy groups -OCH3 is 1. The van der Waals surface area contributed by atoms with Gasteiger partial charge in [-0.3, -0.25) is 23.9 Å². The van der Waals surface area contributed by atoms with Crippen LogP contribution in [0.4, 0.5) is 17.6 Å². The summed E-state index contributed by atoms with van der Waals surface area (Å²) >= 11 is 0. The van der Waals surface area contributed by atoms with Crippen LogP contribution in [0.3, 0.4) is 0 Å². The number of nitrogens with zero attached hydrogens (tertiary/aromatic N) is 2. The van der Waals surface area contributed by atoms with Gasteiger partial charge in [0.15, 0.2) is 5.78 Å². The molecule has 13 nitrogen and oxygen atoms in total. The first kappa shape index (κ1) is 45.7. The average molecular weight is 894 g/mol. The molecule has 5 aliphatic rings. The highest BCUT2D eigenvalue weighted by Crippen LogP contribution is 2.58. The molecular formula is C44H55F4N3O10S. The van der Waals surface area contributed by atoms with E-state index in [-0.39, 0.29) is 79.5 Å². The summed E-state index contributed by atoms with van der Waals surface area (Å²) < 4.78 is 106. The van der Waals surface area contributed by atoms with Crippen molar-refractivity contribution in [3.63, 3.8) is 0 Å². The van der Waals surface area contributed by atoms with Crippen LogP contribution in [0.2, 0.25) is 0 Å². The zero-order chi connectivity index (χ0) is 44.8. The molecule has 2 amide bonds. The number of halogens is 4. The first-order valence-electron chi connectivity index (χ1n) is 21.4. The van der Waals surface area contributed by atoms with E-state index in [1.54, 1.807) is 6.92 Å². The summed E-state index contributed by atoms with van der Waals surface area (Å²) in [5.74, 6) is -4.43. The number of carbonyl (C=O) groups is 4. The third-order valence-electron chi connectivity index (χ3n) is 13.6. The van der Waals surface area contributed by atoms with Gasteiger partial charge in [0.2, 0.25) is 27.7 Å². The van der Waals surface area contributed by atoms with Crippen molar-refractivity contribution in [2.24, 2.45) is 29.1 Å². The summed E-state index contributed by atoms with van der Waals surface area (Å²) in [4.78, 5) is 62.9. The Bertz CT molecular complexity index is 2210. The van der Waals surface area contributed by atoms with E-state index in [1.807, 2.05) is 26.0 Å². The molecular weight excluding hydrogens is 839 g/mol. The van der Waals surface area contributed by atoms with Crippen molar-refractivity contribution in [1.82, 2.24) is 14.6 Å².